The number of nitrogens with zero attached hydrogens (tertiary/aromatic N) is 1. The van der Waals surface area contributed by atoms with E-state index in [0.29, 0.717) is 0 Å². The summed E-state index contributed by atoms with van der Waals surface area (Å²) >= 11 is 0. The summed E-state index contributed by atoms with van der Waals surface area (Å²) in [5, 5.41) is 0. The Labute approximate surface area is 110 Å². The van der Waals surface area contributed by atoms with Gasteiger partial charge in [0.05, 0.1) is 13.2 Å². The largest absolute Gasteiger partial charge is 0.475 e. The van der Waals surface area contributed by atoms with Crippen LogP contribution in [0.4, 0.5) is 8.78 Å². The molecule has 1 rings (SSSR count). The van der Waals surface area contributed by atoms with Gasteiger partial charge in [0.1, 0.15) is 0 Å². The summed E-state index contributed by atoms with van der Waals surface area (Å²) < 4.78 is 52.7. The molecule has 0 bridgehead atoms. The summed E-state index contributed by atoms with van der Waals surface area (Å²) in [5.74, 6) is 0. The van der Waals surface area contributed by atoms with Crippen LogP contribution in [0.5, 0.6) is 0 Å². The van der Waals surface area contributed by atoms with E-state index in [0.717, 1.165) is 0 Å². The molecule has 0 saturated heterocycles. The predicted octanol–water partition coefficient (Wildman–Crippen LogP) is 3.59. The van der Waals surface area contributed by atoms with Gasteiger partial charge < -0.3 is 0 Å². The maximum absolute atomic E-state index is 13.0. The van der Waals surface area contributed by atoms with E-state index in [1.807, 2.05) is 0 Å². The van der Waals surface area contributed by atoms with Crippen molar-refractivity contribution in [2.45, 2.75) is 26.4 Å². The number of aromatic nitrogens is 1. The standard InChI is InChI=1S/C11H16F2NO4P/c1-3-16-19(15,17-4-2)18-10(11(12)13)9-5-7-14-8-6-9/h5-8,10-11H,3-4H2,1-2H3/t10-/m0/s1. The number of pyridine rings is 1. The molecule has 0 saturated carbocycles. The highest BCUT2D eigenvalue weighted by atomic mass is 31.2. The fraction of sp³-hybridized carbons (Fsp3) is 0.545. The maximum Gasteiger partial charge on any atom is 0.475 e. The van der Waals surface area contributed by atoms with Crippen molar-refractivity contribution in [2.75, 3.05) is 13.2 Å². The minimum atomic E-state index is -4.00. The van der Waals surface area contributed by atoms with E-state index in [-0.39, 0.29) is 18.8 Å². The minimum Gasteiger partial charge on any atom is -0.287 e. The Morgan fingerprint density at radius 1 is 1.21 bits per heavy atom. The number of rotatable bonds is 8. The van der Waals surface area contributed by atoms with Crippen molar-refractivity contribution in [3.05, 3.63) is 30.1 Å². The molecular weight excluding hydrogens is 279 g/mol. The fourth-order valence-electron chi connectivity index (χ4n) is 1.36. The van der Waals surface area contributed by atoms with Crippen molar-refractivity contribution in [3.8, 4) is 0 Å². The van der Waals surface area contributed by atoms with Crippen LogP contribution < -0.4 is 0 Å². The predicted molar refractivity (Wildman–Crippen MR) is 64.9 cm³/mol. The van der Waals surface area contributed by atoms with E-state index < -0.39 is 20.4 Å². The zero-order chi connectivity index (χ0) is 14.3. The molecule has 0 aromatic carbocycles. The van der Waals surface area contributed by atoms with Crippen LogP contribution in [0.3, 0.4) is 0 Å². The van der Waals surface area contributed by atoms with Crippen LogP contribution in [-0.4, -0.2) is 24.6 Å². The van der Waals surface area contributed by atoms with Crippen molar-refractivity contribution in [2.24, 2.45) is 0 Å². The molecular formula is C11H16F2NO4P. The SMILES string of the molecule is CCOP(=O)(OCC)O[C@@H](c1ccncc1)C(F)F. The lowest BCUT2D eigenvalue weighted by Gasteiger charge is -2.23. The summed E-state index contributed by atoms with van der Waals surface area (Å²) in [6.07, 6.45) is -1.86. The number of alkyl halides is 2. The molecule has 0 aliphatic heterocycles. The minimum absolute atomic E-state index is 0.0313. The normalized spacial score (nSPS) is 13.7. The van der Waals surface area contributed by atoms with Crippen LogP contribution in [0.2, 0.25) is 0 Å². The molecule has 108 valence electrons. The van der Waals surface area contributed by atoms with Crippen LogP contribution in [0.25, 0.3) is 0 Å². The molecule has 0 radical (unpaired) electrons. The van der Waals surface area contributed by atoms with Gasteiger partial charge in [0.25, 0.3) is 6.43 Å². The van der Waals surface area contributed by atoms with Gasteiger partial charge in [-0.25, -0.2) is 13.3 Å². The molecule has 0 fully saturated rings. The number of phosphoric acid groups is 1. The molecule has 0 amide bonds. The summed E-state index contributed by atoms with van der Waals surface area (Å²) in [4.78, 5) is 3.72. The molecule has 0 unspecified atom stereocenters. The molecule has 0 spiro atoms. The van der Waals surface area contributed by atoms with Crippen molar-refractivity contribution >= 4 is 7.82 Å². The van der Waals surface area contributed by atoms with Crippen molar-refractivity contribution < 1.29 is 26.9 Å². The highest BCUT2D eigenvalue weighted by Crippen LogP contribution is 2.53. The Bertz CT molecular complexity index is 408. The van der Waals surface area contributed by atoms with Crippen LogP contribution in [0.1, 0.15) is 25.5 Å². The maximum atomic E-state index is 13.0. The first kappa shape index (κ1) is 16.2. The molecule has 1 aromatic rings. The zero-order valence-corrected chi connectivity index (χ0v) is 11.6. The van der Waals surface area contributed by atoms with E-state index in [1.165, 1.54) is 24.5 Å². The second kappa shape index (κ2) is 7.65. The third-order valence-corrected chi connectivity index (χ3v) is 3.71. The average Bonchev–Trinajstić information content (AvgIpc) is 2.37. The van der Waals surface area contributed by atoms with Gasteiger partial charge in [0, 0.05) is 12.4 Å². The first-order valence-electron chi connectivity index (χ1n) is 5.78. The van der Waals surface area contributed by atoms with Gasteiger partial charge in [-0.05, 0) is 31.5 Å². The number of halogens is 2. The van der Waals surface area contributed by atoms with E-state index in [4.69, 9.17) is 13.6 Å². The first-order chi connectivity index (χ1) is 9.02. The number of hydrogen-bond donors (Lipinski definition) is 0. The van der Waals surface area contributed by atoms with Gasteiger partial charge in [-0.15, -0.1) is 0 Å². The summed E-state index contributed by atoms with van der Waals surface area (Å²) in [6.45, 7) is 3.20. The van der Waals surface area contributed by atoms with Crippen LogP contribution in [0.15, 0.2) is 24.5 Å². The molecule has 19 heavy (non-hydrogen) atoms. The molecule has 8 heteroatoms. The zero-order valence-electron chi connectivity index (χ0n) is 10.7. The first-order valence-corrected chi connectivity index (χ1v) is 7.24. The molecule has 1 aromatic heterocycles. The van der Waals surface area contributed by atoms with Gasteiger partial charge in [-0.1, -0.05) is 0 Å². The third kappa shape index (κ3) is 4.95. The van der Waals surface area contributed by atoms with Crippen LogP contribution in [0, 0.1) is 0 Å². The third-order valence-electron chi connectivity index (χ3n) is 2.08. The topological polar surface area (TPSA) is 57.7 Å². The van der Waals surface area contributed by atoms with E-state index in [2.05, 4.69) is 4.98 Å². The van der Waals surface area contributed by atoms with Crippen molar-refractivity contribution in [1.82, 2.24) is 4.98 Å². The summed E-state index contributed by atoms with van der Waals surface area (Å²) in [6, 6.07) is 2.72. The quantitative estimate of drug-likeness (QED) is 0.686. The van der Waals surface area contributed by atoms with Crippen molar-refractivity contribution in [1.29, 1.82) is 0 Å². The van der Waals surface area contributed by atoms with E-state index >= 15 is 0 Å². The van der Waals surface area contributed by atoms with Gasteiger partial charge >= 0.3 is 7.82 Å². The molecule has 0 N–H and O–H groups in total. The molecule has 0 aliphatic rings. The fourth-order valence-corrected chi connectivity index (χ4v) is 2.68. The molecule has 5 nitrogen and oxygen atoms in total. The van der Waals surface area contributed by atoms with Gasteiger partial charge in [-0.2, -0.15) is 0 Å². The Balaban J connectivity index is 2.92. The molecule has 1 atom stereocenters. The Hall–Kier alpha value is -0.880. The van der Waals surface area contributed by atoms with E-state index in [9.17, 15) is 13.3 Å². The van der Waals surface area contributed by atoms with Gasteiger partial charge in [0.15, 0.2) is 6.10 Å². The van der Waals surface area contributed by atoms with Crippen molar-refractivity contribution in [3.63, 3.8) is 0 Å². The van der Waals surface area contributed by atoms with Gasteiger partial charge in [0.2, 0.25) is 0 Å². The smallest absolute Gasteiger partial charge is 0.287 e. The summed E-state index contributed by atoms with van der Waals surface area (Å²) in [7, 11) is -4.00. The Kier molecular flexibility index (Phi) is 6.51. The summed E-state index contributed by atoms with van der Waals surface area (Å²) in [5.41, 5.74) is 0.157. The number of hydrogen-bond acceptors (Lipinski definition) is 5. The second-order valence-electron chi connectivity index (χ2n) is 3.42. The molecule has 0 aliphatic carbocycles. The Morgan fingerprint density at radius 2 is 1.74 bits per heavy atom. The highest BCUT2D eigenvalue weighted by molar-refractivity contribution is 7.48. The average molecular weight is 295 g/mol. The lowest BCUT2D eigenvalue weighted by molar-refractivity contribution is -0.0173. The number of phosphoric ester groups is 1. The second-order valence-corrected chi connectivity index (χ2v) is 5.05. The van der Waals surface area contributed by atoms with Crippen LogP contribution >= 0.6 is 7.82 Å². The monoisotopic (exact) mass is 295 g/mol. The Morgan fingerprint density at radius 3 is 2.16 bits per heavy atom. The van der Waals surface area contributed by atoms with Gasteiger partial charge in [-0.3, -0.25) is 18.6 Å². The lowest BCUT2D eigenvalue weighted by Crippen LogP contribution is -2.14. The highest BCUT2D eigenvalue weighted by Gasteiger charge is 2.35. The van der Waals surface area contributed by atoms with Crippen LogP contribution in [-0.2, 0) is 18.1 Å². The van der Waals surface area contributed by atoms with E-state index in [1.54, 1.807) is 13.8 Å². The molecule has 1 heterocycles. The lowest BCUT2D eigenvalue weighted by atomic mass is 10.1.